The molecule has 0 radical (unpaired) electrons. The average molecular weight is 375 g/mol. The molecule has 27 heavy (non-hydrogen) atoms. The second-order valence-electron chi connectivity index (χ2n) is 6.57. The second-order valence-corrected chi connectivity index (χ2v) is 7.45. The summed E-state index contributed by atoms with van der Waals surface area (Å²) in [7, 11) is 0. The Morgan fingerprint density at radius 1 is 1.04 bits per heavy atom. The third-order valence-corrected chi connectivity index (χ3v) is 5.62. The number of hydrogen-bond acceptors (Lipinski definition) is 4. The molecule has 5 heteroatoms. The van der Waals surface area contributed by atoms with E-state index in [0.717, 1.165) is 35.5 Å². The predicted octanol–water partition coefficient (Wildman–Crippen LogP) is 5.06. The van der Waals surface area contributed by atoms with Gasteiger partial charge in [0.05, 0.1) is 26.9 Å². The first kappa shape index (κ1) is 16.3. The smallest absolute Gasteiger partial charge is 0.231 e. The number of aromatic nitrogens is 2. The van der Waals surface area contributed by atoms with Gasteiger partial charge < -0.3 is 9.47 Å². The Labute approximate surface area is 161 Å². The topological polar surface area (TPSA) is 35.2 Å². The lowest BCUT2D eigenvalue weighted by Gasteiger charge is -2.10. The van der Waals surface area contributed by atoms with Gasteiger partial charge in [0, 0.05) is 12.5 Å². The fourth-order valence-corrected chi connectivity index (χ4v) is 4.32. The summed E-state index contributed by atoms with van der Waals surface area (Å²) in [6.07, 6.45) is 3.22. The molecule has 1 aliphatic heterocycles. The van der Waals surface area contributed by atoms with Gasteiger partial charge in [-0.05, 0) is 42.0 Å². The molecule has 2 aromatic carbocycles. The number of fused-ring (bicyclic) bond motifs is 2. The number of ether oxygens (including phenoxy) is 2. The molecule has 134 valence electrons. The molecule has 0 N–H and O–H groups in total. The third kappa shape index (κ3) is 2.84. The van der Waals surface area contributed by atoms with Crippen LogP contribution in [-0.4, -0.2) is 11.8 Å². The molecular weight excluding hydrogens is 356 g/mol. The van der Waals surface area contributed by atoms with E-state index in [9.17, 15) is 0 Å². The van der Waals surface area contributed by atoms with Gasteiger partial charge in [-0.15, -0.1) is 11.3 Å². The summed E-state index contributed by atoms with van der Waals surface area (Å²) in [6.45, 7) is 3.45. The van der Waals surface area contributed by atoms with Gasteiger partial charge >= 0.3 is 0 Å². The van der Waals surface area contributed by atoms with Crippen molar-refractivity contribution in [1.29, 1.82) is 0 Å². The van der Waals surface area contributed by atoms with Gasteiger partial charge in [0.1, 0.15) is 6.54 Å². The van der Waals surface area contributed by atoms with Gasteiger partial charge in [-0.25, -0.2) is 4.98 Å². The highest BCUT2D eigenvalue weighted by Crippen LogP contribution is 2.38. The summed E-state index contributed by atoms with van der Waals surface area (Å²) in [5.74, 6) is 1.62. The van der Waals surface area contributed by atoms with E-state index in [2.05, 4.69) is 65.1 Å². The Hall–Kier alpha value is -2.92. The summed E-state index contributed by atoms with van der Waals surface area (Å²) < 4.78 is 14.6. The first-order valence-corrected chi connectivity index (χ1v) is 9.97. The van der Waals surface area contributed by atoms with Crippen molar-refractivity contribution in [1.82, 2.24) is 4.98 Å². The van der Waals surface area contributed by atoms with Crippen molar-refractivity contribution >= 4 is 21.6 Å². The zero-order valence-electron chi connectivity index (χ0n) is 15.0. The normalized spacial score (nSPS) is 12.6. The van der Waals surface area contributed by atoms with Crippen LogP contribution in [0.15, 0.2) is 60.2 Å². The molecule has 4 nitrogen and oxygen atoms in total. The molecule has 1 aliphatic rings. The molecule has 0 unspecified atom stereocenters. The number of hydrogen-bond donors (Lipinski definition) is 0. The maximum atomic E-state index is 5.62. The van der Waals surface area contributed by atoms with Gasteiger partial charge in [0.15, 0.2) is 17.7 Å². The minimum atomic E-state index is 0.289. The van der Waals surface area contributed by atoms with Gasteiger partial charge in [0.25, 0.3) is 0 Å². The van der Waals surface area contributed by atoms with Gasteiger partial charge in [-0.3, -0.25) is 0 Å². The van der Waals surface area contributed by atoms with E-state index in [-0.39, 0.29) is 6.79 Å². The van der Waals surface area contributed by atoms with Crippen molar-refractivity contribution in [3.8, 4) is 33.9 Å². The minimum absolute atomic E-state index is 0.289. The maximum absolute atomic E-state index is 5.62. The van der Waals surface area contributed by atoms with Crippen LogP contribution in [0.5, 0.6) is 11.5 Å². The Kier molecular flexibility index (Phi) is 4.02. The number of thiazole rings is 1. The Morgan fingerprint density at radius 2 is 1.93 bits per heavy atom. The molecule has 0 bridgehead atoms. The second kappa shape index (κ2) is 6.67. The van der Waals surface area contributed by atoms with Crippen LogP contribution >= 0.6 is 11.3 Å². The van der Waals surface area contributed by atoms with Crippen LogP contribution in [-0.2, 0) is 6.54 Å². The van der Waals surface area contributed by atoms with Crippen molar-refractivity contribution in [3.63, 3.8) is 0 Å². The standard InChI is InChI=1S/C22H19N2O2S/c1-2-9-24-10-3-4-17(15-5-7-18-21(12-15)27-13-23-18)22(24)16-6-8-19-20(11-16)26-14-25-19/h3-8,10-13H,2,9,14H2,1H3/q+1. The molecule has 0 amide bonds. The van der Waals surface area contributed by atoms with E-state index in [1.807, 2.05) is 11.6 Å². The molecule has 3 heterocycles. The van der Waals surface area contributed by atoms with E-state index >= 15 is 0 Å². The van der Waals surface area contributed by atoms with Crippen molar-refractivity contribution < 1.29 is 14.0 Å². The number of rotatable bonds is 4. The van der Waals surface area contributed by atoms with Crippen LogP contribution in [0.25, 0.3) is 32.6 Å². The molecule has 0 atom stereocenters. The quantitative estimate of drug-likeness (QED) is 0.468. The van der Waals surface area contributed by atoms with Gasteiger partial charge in [-0.2, -0.15) is 4.57 Å². The summed E-state index contributed by atoms with van der Waals surface area (Å²) in [5, 5.41) is 0. The zero-order chi connectivity index (χ0) is 18.2. The number of benzene rings is 2. The van der Waals surface area contributed by atoms with E-state index in [0.29, 0.717) is 0 Å². The fourth-order valence-electron chi connectivity index (χ4n) is 3.60. The first-order valence-electron chi connectivity index (χ1n) is 9.09. The van der Waals surface area contributed by atoms with E-state index in [1.54, 1.807) is 11.3 Å². The molecule has 0 spiro atoms. The van der Waals surface area contributed by atoms with Crippen molar-refractivity contribution in [3.05, 3.63) is 60.2 Å². The van der Waals surface area contributed by atoms with Crippen molar-refractivity contribution in [2.75, 3.05) is 6.79 Å². The molecule has 5 rings (SSSR count). The largest absolute Gasteiger partial charge is 0.454 e. The Balaban J connectivity index is 1.72. The highest BCUT2D eigenvalue weighted by molar-refractivity contribution is 7.16. The van der Waals surface area contributed by atoms with Crippen LogP contribution in [0.2, 0.25) is 0 Å². The molecule has 0 saturated heterocycles. The summed E-state index contributed by atoms with van der Waals surface area (Å²) >= 11 is 1.67. The lowest BCUT2D eigenvalue weighted by molar-refractivity contribution is -0.685. The van der Waals surface area contributed by atoms with E-state index in [1.165, 1.54) is 21.5 Å². The van der Waals surface area contributed by atoms with Crippen LogP contribution in [0, 0.1) is 0 Å². The SMILES string of the molecule is CCC[n+]1cccc(-c2ccc3ncsc3c2)c1-c1ccc2c(c1)OCO2. The maximum Gasteiger partial charge on any atom is 0.231 e. The molecule has 2 aromatic heterocycles. The molecule has 4 aromatic rings. The van der Waals surface area contributed by atoms with E-state index in [4.69, 9.17) is 9.47 Å². The molecular formula is C22H19N2O2S+. The fraction of sp³-hybridized carbons (Fsp3) is 0.182. The number of aryl methyl sites for hydroxylation is 1. The highest BCUT2D eigenvalue weighted by atomic mass is 32.1. The number of nitrogens with zero attached hydrogens (tertiary/aromatic N) is 2. The Bertz CT molecular complexity index is 1140. The van der Waals surface area contributed by atoms with E-state index < -0.39 is 0 Å². The van der Waals surface area contributed by atoms with Crippen LogP contribution in [0.4, 0.5) is 0 Å². The van der Waals surface area contributed by atoms with Crippen LogP contribution in [0.1, 0.15) is 13.3 Å². The van der Waals surface area contributed by atoms with Crippen molar-refractivity contribution in [2.45, 2.75) is 19.9 Å². The summed E-state index contributed by atoms with van der Waals surface area (Å²) in [5.41, 5.74) is 7.68. The monoisotopic (exact) mass is 375 g/mol. The van der Waals surface area contributed by atoms with Gasteiger partial charge in [-0.1, -0.05) is 13.0 Å². The highest BCUT2D eigenvalue weighted by Gasteiger charge is 2.23. The Morgan fingerprint density at radius 3 is 2.85 bits per heavy atom. The van der Waals surface area contributed by atoms with Crippen molar-refractivity contribution in [2.24, 2.45) is 0 Å². The van der Waals surface area contributed by atoms with Crippen LogP contribution < -0.4 is 14.0 Å². The average Bonchev–Trinajstić information content (AvgIpc) is 3.36. The van der Waals surface area contributed by atoms with Gasteiger partial charge in [0.2, 0.25) is 12.5 Å². The number of pyridine rings is 1. The summed E-state index contributed by atoms with van der Waals surface area (Å²) in [6, 6.07) is 17.0. The lowest BCUT2D eigenvalue weighted by Crippen LogP contribution is -2.36. The zero-order valence-corrected chi connectivity index (χ0v) is 15.8. The summed E-state index contributed by atoms with van der Waals surface area (Å²) in [4.78, 5) is 4.40. The molecule has 0 aliphatic carbocycles. The lowest BCUT2D eigenvalue weighted by atomic mass is 9.98. The molecule has 0 saturated carbocycles. The first-order chi connectivity index (χ1) is 13.3. The molecule has 0 fully saturated rings. The third-order valence-electron chi connectivity index (χ3n) is 4.82. The minimum Gasteiger partial charge on any atom is -0.454 e. The predicted molar refractivity (Wildman–Crippen MR) is 107 cm³/mol. The van der Waals surface area contributed by atoms with Crippen LogP contribution in [0.3, 0.4) is 0 Å².